The zero-order valence-corrected chi connectivity index (χ0v) is 20.4. The Hall–Kier alpha value is -3.81. The second-order valence-electron chi connectivity index (χ2n) is 9.81. The maximum absolute atomic E-state index is 15.8. The van der Waals surface area contributed by atoms with E-state index in [4.69, 9.17) is 4.74 Å². The lowest BCUT2D eigenvalue weighted by Crippen LogP contribution is -2.50. The number of pyridine rings is 1. The molecule has 0 radical (unpaired) electrons. The number of carbonyl (C=O) groups is 1. The van der Waals surface area contributed by atoms with Crippen LogP contribution in [0, 0.1) is 12.7 Å². The standard InChI is InChI=1S/C27H28FN5O2/c1-17-7-5-8-18-9-6-10-19(21(17)18)23-22(28)24-20(15-29-23)25(31-16-30-24)32-11-13-33(14-12-32)26(34)35-27(2,3)4/h5-10,15-16H,11-14H2,1-4H3. The monoisotopic (exact) mass is 473 g/mol. The Morgan fingerprint density at radius 2 is 1.71 bits per heavy atom. The molecule has 5 rings (SSSR count). The molecule has 1 fully saturated rings. The summed E-state index contributed by atoms with van der Waals surface area (Å²) in [6.07, 6.45) is 2.71. The van der Waals surface area contributed by atoms with E-state index in [1.165, 1.54) is 6.33 Å². The van der Waals surface area contributed by atoms with Crippen LogP contribution in [-0.4, -0.2) is 57.7 Å². The van der Waals surface area contributed by atoms with Gasteiger partial charge in [-0.05, 0) is 44.0 Å². The zero-order chi connectivity index (χ0) is 24.7. The number of benzene rings is 2. The third-order valence-corrected chi connectivity index (χ3v) is 6.20. The van der Waals surface area contributed by atoms with Gasteiger partial charge in [0, 0.05) is 37.9 Å². The van der Waals surface area contributed by atoms with Crippen LogP contribution in [0.25, 0.3) is 32.9 Å². The molecular weight excluding hydrogens is 445 g/mol. The van der Waals surface area contributed by atoms with Crippen LogP contribution in [0.15, 0.2) is 48.9 Å². The van der Waals surface area contributed by atoms with Crippen molar-refractivity contribution in [1.82, 2.24) is 19.9 Å². The highest BCUT2D eigenvalue weighted by Gasteiger charge is 2.27. The Morgan fingerprint density at radius 3 is 2.43 bits per heavy atom. The van der Waals surface area contributed by atoms with Gasteiger partial charge >= 0.3 is 6.09 Å². The van der Waals surface area contributed by atoms with Crippen LogP contribution in [0.5, 0.6) is 0 Å². The van der Waals surface area contributed by atoms with Crippen LogP contribution in [0.4, 0.5) is 15.0 Å². The first-order chi connectivity index (χ1) is 16.7. The van der Waals surface area contributed by atoms with Crippen molar-refractivity contribution in [2.75, 3.05) is 31.1 Å². The molecule has 2 aromatic carbocycles. The van der Waals surface area contributed by atoms with Crippen molar-refractivity contribution < 1.29 is 13.9 Å². The summed E-state index contributed by atoms with van der Waals surface area (Å²) in [5.74, 6) is 0.153. The van der Waals surface area contributed by atoms with Crippen molar-refractivity contribution in [3.05, 3.63) is 60.3 Å². The van der Waals surface area contributed by atoms with Gasteiger partial charge in [0.25, 0.3) is 0 Å². The zero-order valence-electron chi connectivity index (χ0n) is 20.4. The summed E-state index contributed by atoms with van der Waals surface area (Å²) >= 11 is 0. The number of hydrogen-bond acceptors (Lipinski definition) is 6. The lowest BCUT2D eigenvalue weighted by atomic mass is 9.97. The van der Waals surface area contributed by atoms with E-state index >= 15 is 4.39 Å². The lowest BCUT2D eigenvalue weighted by Gasteiger charge is -2.36. The van der Waals surface area contributed by atoms with E-state index in [0.717, 1.165) is 21.9 Å². The molecule has 0 bridgehead atoms. The topological polar surface area (TPSA) is 71.5 Å². The summed E-state index contributed by atoms with van der Waals surface area (Å²) < 4.78 is 21.3. The van der Waals surface area contributed by atoms with Gasteiger partial charge in [-0.3, -0.25) is 4.98 Å². The molecule has 0 atom stereocenters. The minimum Gasteiger partial charge on any atom is -0.444 e. The van der Waals surface area contributed by atoms with E-state index in [0.29, 0.717) is 37.4 Å². The fraction of sp³-hybridized carbons (Fsp3) is 0.333. The van der Waals surface area contributed by atoms with E-state index in [-0.39, 0.29) is 17.3 Å². The summed E-state index contributed by atoms with van der Waals surface area (Å²) in [6.45, 7) is 9.65. The Morgan fingerprint density at radius 1 is 1.00 bits per heavy atom. The molecule has 0 unspecified atom stereocenters. The normalized spacial score (nSPS) is 14.5. The molecule has 1 amide bonds. The van der Waals surface area contributed by atoms with E-state index < -0.39 is 11.4 Å². The van der Waals surface area contributed by atoms with Gasteiger partial charge in [-0.1, -0.05) is 36.4 Å². The molecule has 180 valence electrons. The van der Waals surface area contributed by atoms with Crippen molar-refractivity contribution in [3.63, 3.8) is 0 Å². The first-order valence-electron chi connectivity index (χ1n) is 11.7. The first kappa shape index (κ1) is 23.0. The summed E-state index contributed by atoms with van der Waals surface area (Å²) in [5, 5.41) is 2.57. The summed E-state index contributed by atoms with van der Waals surface area (Å²) in [7, 11) is 0. The highest BCUT2D eigenvalue weighted by atomic mass is 19.1. The third kappa shape index (κ3) is 4.36. The molecule has 1 saturated heterocycles. The quantitative estimate of drug-likeness (QED) is 0.391. The van der Waals surface area contributed by atoms with Crippen molar-refractivity contribution in [1.29, 1.82) is 0 Å². The lowest BCUT2D eigenvalue weighted by molar-refractivity contribution is 0.0240. The van der Waals surface area contributed by atoms with Crippen LogP contribution in [0.2, 0.25) is 0 Å². The second-order valence-corrected chi connectivity index (χ2v) is 9.81. The SMILES string of the molecule is Cc1cccc2cccc(-c3ncc4c(N5CCN(C(=O)OC(C)(C)C)CC5)ncnc4c3F)c12. The Kier molecular flexibility index (Phi) is 5.75. The number of piperazine rings is 1. The molecule has 1 aliphatic heterocycles. The number of amides is 1. The molecule has 0 spiro atoms. The molecule has 0 saturated carbocycles. The molecule has 1 aliphatic rings. The molecule has 4 aromatic rings. The van der Waals surface area contributed by atoms with E-state index in [2.05, 4.69) is 15.0 Å². The third-order valence-electron chi connectivity index (χ3n) is 6.20. The number of fused-ring (bicyclic) bond motifs is 2. The predicted octanol–water partition coefficient (Wildman–Crippen LogP) is 5.35. The molecule has 7 nitrogen and oxygen atoms in total. The number of ether oxygens (including phenoxy) is 1. The summed E-state index contributed by atoms with van der Waals surface area (Å²) in [6, 6.07) is 11.8. The predicted molar refractivity (Wildman–Crippen MR) is 135 cm³/mol. The largest absolute Gasteiger partial charge is 0.444 e. The second kappa shape index (κ2) is 8.76. The average Bonchev–Trinajstić information content (AvgIpc) is 2.83. The number of anilines is 1. The van der Waals surface area contributed by atoms with Gasteiger partial charge < -0.3 is 14.5 Å². The van der Waals surface area contributed by atoms with Gasteiger partial charge in [0.1, 0.15) is 29.0 Å². The molecular formula is C27H28FN5O2. The number of aromatic nitrogens is 3. The highest BCUT2D eigenvalue weighted by molar-refractivity contribution is 6.00. The van der Waals surface area contributed by atoms with Gasteiger partial charge in [-0.25, -0.2) is 19.2 Å². The molecule has 2 aromatic heterocycles. The van der Waals surface area contributed by atoms with Gasteiger partial charge in [-0.15, -0.1) is 0 Å². The van der Waals surface area contributed by atoms with Crippen LogP contribution in [0.1, 0.15) is 26.3 Å². The van der Waals surface area contributed by atoms with Gasteiger partial charge in [-0.2, -0.15) is 0 Å². The Bertz CT molecular complexity index is 1420. The highest BCUT2D eigenvalue weighted by Crippen LogP contribution is 2.35. The Labute approximate surface area is 203 Å². The van der Waals surface area contributed by atoms with Crippen molar-refractivity contribution in [2.45, 2.75) is 33.3 Å². The van der Waals surface area contributed by atoms with Crippen molar-refractivity contribution >= 4 is 33.6 Å². The van der Waals surface area contributed by atoms with Crippen LogP contribution >= 0.6 is 0 Å². The summed E-state index contributed by atoms with van der Waals surface area (Å²) in [5.41, 5.74) is 1.77. The average molecular weight is 474 g/mol. The van der Waals surface area contributed by atoms with Gasteiger partial charge in [0.15, 0.2) is 5.82 Å². The number of carbonyl (C=O) groups excluding carboxylic acids is 1. The van der Waals surface area contributed by atoms with Gasteiger partial charge in [0.05, 0.1) is 5.39 Å². The maximum atomic E-state index is 15.8. The molecule has 35 heavy (non-hydrogen) atoms. The van der Waals surface area contributed by atoms with Crippen molar-refractivity contribution in [2.24, 2.45) is 0 Å². The Balaban J connectivity index is 1.47. The first-order valence-corrected chi connectivity index (χ1v) is 11.7. The van der Waals surface area contributed by atoms with Crippen LogP contribution in [-0.2, 0) is 4.74 Å². The van der Waals surface area contributed by atoms with Crippen molar-refractivity contribution in [3.8, 4) is 11.3 Å². The molecule has 0 aliphatic carbocycles. The maximum Gasteiger partial charge on any atom is 0.410 e. The van der Waals surface area contributed by atoms with E-state index in [1.54, 1.807) is 11.1 Å². The number of hydrogen-bond donors (Lipinski definition) is 0. The summed E-state index contributed by atoms with van der Waals surface area (Å²) in [4.78, 5) is 29.4. The fourth-order valence-electron chi connectivity index (χ4n) is 4.57. The minimum atomic E-state index is -0.541. The molecule has 8 heteroatoms. The number of aryl methyl sites for hydroxylation is 1. The number of halogens is 1. The van der Waals surface area contributed by atoms with E-state index in [9.17, 15) is 4.79 Å². The number of rotatable bonds is 2. The van der Waals surface area contributed by atoms with Crippen LogP contribution < -0.4 is 4.90 Å². The molecule has 0 N–H and O–H groups in total. The van der Waals surface area contributed by atoms with Crippen LogP contribution in [0.3, 0.4) is 0 Å². The minimum absolute atomic E-state index is 0.236. The smallest absolute Gasteiger partial charge is 0.410 e. The fourth-order valence-corrected chi connectivity index (χ4v) is 4.57. The van der Waals surface area contributed by atoms with E-state index in [1.807, 2.05) is 69.0 Å². The van der Waals surface area contributed by atoms with Gasteiger partial charge in [0.2, 0.25) is 0 Å². The molecule has 3 heterocycles. The number of nitrogens with zero attached hydrogens (tertiary/aromatic N) is 5.